The van der Waals surface area contributed by atoms with Gasteiger partial charge in [0, 0.05) is 5.92 Å². The molecule has 1 unspecified atom stereocenters. The van der Waals surface area contributed by atoms with Crippen molar-refractivity contribution in [1.29, 1.82) is 0 Å². The minimum Gasteiger partial charge on any atom is -0.0620 e. The summed E-state index contributed by atoms with van der Waals surface area (Å²) in [7, 11) is 0. The molecule has 0 heteroatoms. The minimum atomic E-state index is 0.621. The third-order valence-corrected chi connectivity index (χ3v) is 3.58. The lowest BCUT2D eigenvalue weighted by Crippen LogP contribution is -1.96. The lowest BCUT2D eigenvalue weighted by Gasteiger charge is -2.12. The molecule has 1 aliphatic carbocycles. The summed E-state index contributed by atoms with van der Waals surface area (Å²) in [4.78, 5) is 0. The Balaban J connectivity index is 2.05. The van der Waals surface area contributed by atoms with E-state index in [-0.39, 0.29) is 0 Å². The second-order valence-corrected chi connectivity index (χ2v) is 4.70. The van der Waals surface area contributed by atoms with Gasteiger partial charge in [-0.1, -0.05) is 54.1 Å². The molecule has 0 saturated carbocycles. The largest absolute Gasteiger partial charge is 0.0620 e. The van der Waals surface area contributed by atoms with Gasteiger partial charge in [-0.25, -0.2) is 0 Å². The fourth-order valence-corrected chi connectivity index (χ4v) is 2.79. The maximum Gasteiger partial charge on any atom is 0.00953 e. The number of hydrogen-bond acceptors (Lipinski definition) is 0. The van der Waals surface area contributed by atoms with Gasteiger partial charge in [0.15, 0.2) is 0 Å². The number of rotatable bonds is 1. The van der Waals surface area contributed by atoms with Gasteiger partial charge in [-0.2, -0.15) is 0 Å². The Kier molecular flexibility index (Phi) is 2.28. The van der Waals surface area contributed by atoms with Crippen LogP contribution in [0.5, 0.6) is 0 Å². The van der Waals surface area contributed by atoms with Crippen LogP contribution in [0.2, 0.25) is 0 Å². The second-order valence-electron chi connectivity index (χ2n) is 4.70. The first-order valence-electron chi connectivity index (χ1n) is 5.99. The first-order valence-corrected chi connectivity index (χ1v) is 5.99. The Morgan fingerprint density at radius 1 is 1.00 bits per heavy atom. The Hall–Kier alpha value is -1.56. The molecule has 1 aliphatic rings. The molecule has 0 N–H and O–H groups in total. The van der Waals surface area contributed by atoms with Crippen molar-refractivity contribution in [2.75, 3.05) is 0 Å². The van der Waals surface area contributed by atoms with Crippen molar-refractivity contribution in [2.24, 2.45) is 0 Å². The fourth-order valence-electron chi connectivity index (χ4n) is 2.79. The van der Waals surface area contributed by atoms with Gasteiger partial charge in [-0.05, 0) is 36.5 Å². The van der Waals surface area contributed by atoms with E-state index in [1.165, 1.54) is 35.1 Å². The van der Waals surface area contributed by atoms with Crippen molar-refractivity contribution in [1.82, 2.24) is 0 Å². The summed E-state index contributed by atoms with van der Waals surface area (Å²) < 4.78 is 0. The maximum absolute atomic E-state index is 2.33. The van der Waals surface area contributed by atoms with Crippen molar-refractivity contribution in [3.05, 3.63) is 70.8 Å². The smallest absolute Gasteiger partial charge is 0.00953 e. The summed E-state index contributed by atoms with van der Waals surface area (Å²) in [5, 5.41) is 0. The molecule has 0 saturated heterocycles. The number of hydrogen-bond donors (Lipinski definition) is 0. The van der Waals surface area contributed by atoms with Crippen molar-refractivity contribution in [2.45, 2.75) is 25.7 Å². The van der Waals surface area contributed by atoms with Gasteiger partial charge in [0.05, 0.1) is 0 Å². The maximum atomic E-state index is 2.33. The molecule has 1 atom stereocenters. The molecule has 3 rings (SSSR count). The standard InChI is InChI=1S/C16H16/c1-12-5-4-7-14(11-12)16-10-9-13-6-2-3-8-15(13)16/h2-8,11,16H,9-10H2,1H3. The van der Waals surface area contributed by atoms with Crippen molar-refractivity contribution >= 4 is 0 Å². The molecule has 0 spiro atoms. The lowest BCUT2D eigenvalue weighted by molar-refractivity contribution is 0.787. The van der Waals surface area contributed by atoms with Gasteiger partial charge in [-0.3, -0.25) is 0 Å². The monoisotopic (exact) mass is 208 g/mol. The molecule has 0 aliphatic heterocycles. The van der Waals surface area contributed by atoms with E-state index in [2.05, 4.69) is 55.5 Å². The third-order valence-electron chi connectivity index (χ3n) is 3.58. The van der Waals surface area contributed by atoms with Gasteiger partial charge in [-0.15, -0.1) is 0 Å². The molecule has 2 aromatic carbocycles. The van der Waals surface area contributed by atoms with Gasteiger partial charge in [0.25, 0.3) is 0 Å². The summed E-state index contributed by atoms with van der Waals surface area (Å²) in [6, 6.07) is 17.8. The third kappa shape index (κ3) is 1.55. The minimum absolute atomic E-state index is 0.621. The molecule has 2 aromatic rings. The number of benzene rings is 2. The van der Waals surface area contributed by atoms with Crippen LogP contribution < -0.4 is 0 Å². The Labute approximate surface area is 96.9 Å². The van der Waals surface area contributed by atoms with Crippen LogP contribution in [-0.2, 0) is 6.42 Å². The zero-order valence-electron chi connectivity index (χ0n) is 9.61. The van der Waals surface area contributed by atoms with Gasteiger partial charge >= 0.3 is 0 Å². The number of fused-ring (bicyclic) bond motifs is 1. The lowest BCUT2D eigenvalue weighted by atomic mass is 9.92. The van der Waals surface area contributed by atoms with Crippen LogP contribution in [0.25, 0.3) is 0 Å². The first kappa shape index (κ1) is 9.65. The molecule has 80 valence electrons. The van der Waals surface area contributed by atoms with E-state index < -0.39 is 0 Å². The molecular weight excluding hydrogens is 192 g/mol. The molecule has 0 heterocycles. The number of aryl methyl sites for hydroxylation is 2. The van der Waals surface area contributed by atoms with Crippen LogP contribution in [0.3, 0.4) is 0 Å². The van der Waals surface area contributed by atoms with Crippen LogP contribution in [0.1, 0.15) is 34.6 Å². The van der Waals surface area contributed by atoms with E-state index in [1.807, 2.05) is 0 Å². The van der Waals surface area contributed by atoms with Crippen molar-refractivity contribution < 1.29 is 0 Å². The molecular formula is C16H16. The second kappa shape index (κ2) is 3.79. The summed E-state index contributed by atoms with van der Waals surface area (Å²) in [5.41, 5.74) is 5.91. The molecule has 0 radical (unpaired) electrons. The highest BCUT2D eigenvalue weighted by molar-refractivity contribution is 5.42. The Morgan fingerprint density at radius 2 is 1.88 bits per heavy atom. The summed E-state index contributed by atoms with van der Waals surface area (Å²) in [6.07, 6.45) is 2.50. The average Bonchev–Trinajstić information content (AvgIpc) is 2.72. The topological polar surface area (TPSA) is 0 Å². The van der Waals surface area contributed by atoms with Crippen LogP contribution in [0.15, 0.2) is 48.5 Å². The van der Waals surface area contributed by atoms with Crippen LogP contribution in [0.4, 0.5) is 0 Å². The molecule has 0 fully saturated rings. The van der Waals surface area contributed by atoms with Crippen molar-refractivity contribution in [3.8, 4) is 0 Å². The predicted molar refractivity (Wildman–Crippen MR) is 67.8 cm³/mol. The van der Waals surface area contributed by atoms with Gasteiger partial charge in [0.1, 0.15) is 0 Å². The Morgan fingerprint density at radius 3 is 2.75 bits per heavy atom. The van der Waals surface area contributed by atoms with E-state index in [0.29, 0.717) is 5.92 Å². The van der Waals surface area contributed by atoms with E-state index in [1.54, 1.807) is 0 Å². The van der Waals surface area contributed by atoms with E-state index in [9.17, 15) is 0 Å². The highest BCUT2D eigenvalue weighted by atomic mass is 14.3. The predicted octanol–water partition coefficient (Wildman–Crippen LogP) is 4.07. The molecule has 0 bridgehead atoms. The molecule has 0 amide bonds. The van der Waals surface area contributed by atoms with E-state index >= 15 is 0 Å². The summed E-state index contributed by atoms with van der Waals surface area (Å²) in [5.74, 6) is 0.621. The summed E-state index contributed by atoms with van der Waals surface area (Å²) in [6.45, 7) is 2.17. The zero-order chi connectivity index (χ0) is 11.0. The zero-order valence-corrected chi connectivity index (χ0v) is 9.61. The highest BCUT2D eigenvalue weighted by Crippen LogP contribution is 2.37. The highest BCUT2D eigenvalue weighted by Gasteiger charge is 2.22. The fraction of sp³-hybridized carbons (Fsp3) is 0.250. The van der Waals surface area contributed by atoms with Crippen LogP contribution in [-0.4, -0.2) is 0 Å². The van der Waals surface area contributed by atoms with E-state index in [0.717, 1.165) is 0 Å². The molecule has 16 heavy (non-hydrogen) atoms. The average molecular weight is 208 g/mol. The van der Waals surface area contributed by atoms with Crippen molar-refractivity contribution in [3.63, 3.8) is 0 Å². The quantitative estimate of drug-likeness (QED) is 0.662. The molecule has 0 nitrogen and oxygen atoms in total. The van der Waals surface area contributed by atoms with Gasteiger partial charge < -0.3 is 0 Å². The van der Waals surface area contributed by atoms with Crippen LogP contribution >= 0.6 is 0 Å². The Bertz CT molecular complexity index is 511. The first-order chi connectivity index (χ1) is 7.84. The SMILES string of the molecule is Cc1cccc(C2CCc3ccccc32)c1. The van der Waals surface area contributed by atoms with Gasteiger partial charge in [0.2, 0.25) is 0 Å². The normalized spacial score (nSPS) is 18.4. The van der Waals surface area contributed by atoms with Crippen LogP contribution in [0, 0.1) is 6.92 Å². The van der Waals surface area contributed by atoms with E-state index in [4.69, 9.17) is 0 Å². The molecule has 0 aromatic heterocycles. The summed E-state index contributed by atoms with van der Waals surface area (Å²) >= 11 is 0.